The van der Waals surface area contributed by atoms with Crippen LogP contribution in [0.2, 0.25) is 0 Å². The fraction of sp³-hybridized carbons (Fsp3) is 0.667. The predicted molar refractivity (Wildman–Crippen MR) is 39.6 cm³/mol. The Morgan fingerprint density at radius 3 is 2.80 bits per heavy atom. The van der Waals surface area contributed by atoms with Crippen molar-refractivity contribution in [3.63, 3.8) is 0 Å². The molecule has 0 heterocycles. The summed E-state index contributed by atoms with van der Waals surface area (Å²) in [6, 6.07) is 0. The van der Waals surface area contributed by atoms with Crippen molar-refractivity contribution < 1.29 is 4.79 Å². The van der Waals surface area contributed by atoms with E-state index in [0.717, 1.165) is 12.8 Å². The van der Waals surface area contributed by atoms with Gasteiger partial charge < -0.3 is 0 Å². The molecule has 0 aromatic carbocycles. The molecule has 2 fully saturated rings. The van der Waals surface area contributed by atoms with Crippen molar-refractivity contribution in [2.24, 2.45) is 11.3 Å². The lowest BCUT2D eigenvalue weighted by Gasteiger charge is -2.40. The second-order valence-corrected chi connectivity index (χ2v) is 3.67. The number of carbonyl (C=O) groups excluding carboxylic acids is 1. The van der Waals surface area contributed by atoms with Gasteiger partial charge in [-0.1, -0.05) is 12.2 Å². The minimum atomic E-state index is -0.0833. The zero-order valence-corrected chi connectivity index (χ0v) is 6.31. The molecule has 2 saturated carbocycles. The first-order chi connectivity index (χ1) is 4.65. The largest absolute Gasteiger partial charge is 0.299 e. The zero-order chi connectivity index (χ0) is 7.35. The summed E-state index contributed by atoms with van der Waals surface area (Å²) in [5, 5.41) is 0. The lowest BCUT2D eigenvalue weighted by molar-refractivity contribution is -0.138. The highest BCUT2D eigenvalue weighted by Gasteiger charge is 2.55. The third-order valence-corrected chi connectivity index (χ3v) is 3.36. The Bertz CT molecular complexity index is 217. The van der Waals surface area contributed by atoms with E-state index in [2.05, 4.69) is 13.5 Å². The van der Waals surface area contributed by atoms with E-state index in [-0.39, 0.29) is 5.41 Å². The van der Waals surface area contributed by atoms with Crippen molar-refractivity contribution in [3.05, 3.63) is 12.2 Å². The molecule has 2 unspecified atom stereocenters. The van der Waals surface area contributed by atoms with Crippen LogP contribution in [0, 0.1) is 11.3 Å². The third kappa shape index (κ3) is 0.437. The van der Waals surface area contributed by atoms with Gasteiger partial charge in [-0.15, -0.1) is 0 Å². The first-order valence-electron chi connectivity index (χ1n) is 3.87. The molecule has 2 rings (SSSR count). The summed E-state index contributed by atoms with van der Waals surface area (Å²) in [7, 11) is 0. The van der Waals surface area contributed by atoms with E-state index >= 15 is 0 Å². The zero-order valence-electron chi connectivity index (χ0n) is 6.31. The number of allylic oxidation sites excluding steroid dienone is 1. The second-order valence-electron chi connectivity index (χ2n) is 3.67. The van der Waals surface area contributed by atoms with Gasteiger partial charge in [0, 0.05) is 11.8 Å². The Balaban J connectivity index is 2.37. The molecule has 0 aromatic heterocycles. The number of carbonyl (C=O) groups is 1. The van der Waals surface area contributed by atoms with Crippen molar-refractivity contribution >= 4 is 5.78 Å². The molecule has 54 valence electrons. The highest BCUT2D eigenvalue weighted by Crippen LogP contribution is 2.56. The summed E-state index contributed by atoms with van der Waals surface area (Å²) in [6.45, 7) is 5.99. The molecule has 10 heavy (non-hydrogen) atoms. The van der Waals surface area contributed by atoms with Crippen molar-refractivity contribution in [1.82, 2.24) is 0 Å². The number of hydrogen-bond donors (Lipinski definition) is 0. The molecular weight excluding hydrogens is 124 g/mol. The van der Waals surface area contributed by atoms with Crippen LogP contribution in [-0.4, -0.2) is 5.78 Å². The summed E-state index contributed by atoms with van der Waals surface area (Å²) in [6.07, 6.45) is 3.09. The summed E-state index contributed by atoms with van der Waals surface area (Å²) >= 11 is 0. The lowest BCUT2D eigenvalue weighted by Crippen LogP contribution is -2.44. The monoisotopic (exact) mass is 136 g/mol. The average molecular weight is 136 g/mol. The number of rotatable bonds is 0. The molecule has 0 aliphatic heterocycles. The number of ketones is 1. The van der Waals surface area contributed by atoms with Gasteiger partial charge in [-0.25, -0.2) is 0 Å². The maximum atomic E-state index is 11.2. The van der Waals surface area contributed by atoms with Gasteiger partial charge in [0.15, 0.2) is 0 Å². The fourth-order valence-electron chi connectivity index (χ4n) is 2.22. The number of hydrogen-bond acceptors (Lipinski definition) is 1. The first-order valence-corrected chi connectivity index (χ1v) is 3.87. The van der Waals surface area contributed by atoms with Crippen molar-refractivity contribution in [2.75, 3.05) is 0 Å². The van der Waals surface area contributed by atoms with Crippen LogP contribution in [0.4, 0.5) is 0 Å². The standard InChI is InChI=1S/C9H12O/c1-6-3-4-7-5-8(10)9(6,7)2/h7H,1,3-5H2,2H3. The maximum absolute atomic E-state index is 11.2. The molecule has 0 aromatic rings. The molecule has 0 radical (unpaired) electrons. The fourth-order valence-corrected chi connectivity index (χ4v) is 2.22. The molecular formula is C9H12O. The SMILES string of the molecule is C=C1CCC2CC(=O)C12C. The van der Waals surface area contributed by atoms with Gasteiger partial charge in [0.1, 0.15) is 5.78 Å². The number of Topliss-reactive ketones (excluding diaryl/α,β-unsaturated/α-hetero) is 1. The third-order valence-electron chi connectivity index (χ3n) is 3.36. The molecule has 2 aliphatic rings. The van der Waals surface area contributed by atoms with E-state index in [9.17, 15) is 4.79 Å². The van der Waals surface area contributed by atoms with E-state index < -0.39 is 0 Å². The van der Waals surface area contributed by atoms with Gasteiger partial charge in [-0.3, -0.25) is 4.79 Å². The molecule has 2 aliphatic carbocycles. The molecule has 0 N–H and O–H groups in total. The van der Waals surface area contributed by atoms with Crippen molar-refractivity contribution in [2.45, 2.75) is 26.2 Å². The molecule has 0 saturated heterocycles. The smallest absolute Gasteiger partial charge is 0.143 e. The lowest BCUT2D eigenvalue weighted by atomic mass is 9.61. The van der Waals surface area contributed by atoms with Crippen LogP contribution in [-0.2, 0) is 4.79 Å². The molecule has 0 spiro atoms. The van der Waals surface area contributed by atoms with E-state index in [0.29, 0.717) is 11.7 Å². The molecule has 2 atom stereocenters. The van der Waals surface area contributed by atoms with Gasteiger partial charge in [0.05, 0.1) is 0 Å². The van der Waals surface area contributed by atoms with Crippen LogP contribution in [0.1, 0.15) is 26.2 Å². The summed E-state index contributed by atoms with van der Waals surface area (Å²) in [4.78, 5) is 11.2. The quantitative estimate of drug-likeness (QED) is 0.465. The highest BCUT2D eigenvalue weighted by atomic mass is 16.1. The van der Waals surface area contributed by atoms with E-state index in [1.807, 2.05) is 0 Å². The topological polar surface area (TPSA) is 17.1 Å². The minimum Gasteiger partial charge on any atom is -0.299 e. The van der Waals surface area contributed by atoms with Crippen LogP contribution >= 0.6 is 0 Å². The minimum absolute atomic E-state index is 0.0833. The molecule has 0 bridgehead atoms. The van der Waals surface area contributed by atoms with Crippen LogP contribution in [0.3, 0.4) is 0 Å². The van der Waals surface area contributed by atoms with E-state index in [4.69, 9.17) is 0 Å². The van der Waals surface area contributed by atoms with Crippen LogP contribution < -0.4 is 0 Å². The van der Waals surface area contributed by atoms with Crippen LogP contribution in [0.15, 0.2) is 12.2 Å². The Labute approximate surface area is 61.1 Å². The summed E-state index contributed by atoms with van der Waals surface area (Å²) in [5.41, 5.74) is 1.09. The molecule has 1 heteroatoms. The summed E-state index contributed by atoms with van der Waals surface area (Å²) < 4.78 is 0. The number of fused-ring (bicyclic) bond motifs is 1. The molecule has 1 nitrogen and oxygen atoms in total. The van der Waals surface area contributed by atoms with Gasteiger partial charge in [-0.2, -0.15) is 0 Å². The van der Waals surface area contributed by atoms with Gasteiger partial charge >= 0.3 is 0 Å². The normalized spacial score (nSPS) is 45.1. The van der Waals surface area contributed by atoms with Crippen LogP contribution in [0.5, 0.6) is 0 Å². The van der Waals surface area contributed by atoms with Crippen molar-refractivity contribution in [3.8, 4) is 0 Å². The average Bonchev–Trinajstić information content (AvgIpc) is 2.13. The van der Waals surface area contributed by atoms with Gasteiger partial charge in [0.25, 0.3) is 0 Å². The molecule has 0 amide bonds. The van der Waals surface area contributed by atoms with Crippen molar-refractivity contribution in [1.29, 1.82) is 0 Å². The summed E-state index contributed by atoms with van der Waals surface area (Å²) in [5.74, 6) is 1.06. The van der Waals surface area contributed by atoms with Gasteiger partial charge in [-0.05, 0) is 25.7 Å². The Morgan fingerprint density at radius 1 is 1.70 bits per heavy atom. The highest BCUT2D eigenvalue weighted by molar-refractivity contribution is 5.94. The van der Waals surface area contributed by atoms with E-state index in [1.165, 1.54) is 12.0 Å². The predicted octanol–water partition coefficient (Wildman–Crippen LogP) is 1.93. The van der Waals surface area contributed by atoms with E-state index in [1.54, 1.807) is 0 Å². The second kappa shape index (κ2) is 1.52. The van der Waals surface area contributed by atoms with Gasteiger partial charge in [0.2, 0.25) is 0 Å². The van der Waals surface area contributed by atoms with Crippen LogP contribution in [0.25, 0.3) is 0 Å². The Morgan fingerprint density at radius 2 is 2.40 bits per heavy atom. The Hall–Kier alpha value is -0.590. The first kappa shape index (κ1) is 6.14. The Kier molecular flexibility index (Phi) is 0.936. The maximum Gasteiger partial charge on any atom is 0.143 e.